The second-order valence-corrected chi connectivity index (χ2v) is 10.8. The third-order valence-electron chi connectivity index (χ3n) is 6.49. The van der Waals surface area contributed by atoms with Gasteiger partial charge in [-0.1, -0.05) is 24.3 Å². The molecule has 0 atom stereocenters. The van der Waals surface area contributed by atoms with Crippen LogP contribution in [0.2, 0.25) is 0 Å². The minimum Gasteiger partial charge on any atom is -0.379 e. The first-order chi connectivity index (χ1) is 15.9. The number of sulfonamides is 1. The number of anilines is 1. The van der Waals surface area contributed by atoms with Crippen molar-refractivity contribution in [3.63, 3.8) is 0 Å². The lowest BCUT2D eigenvalue weighted by Crippen LogP contribution is -2.40. The first-order valence-corrected chi connectivity index (χ1v) is 13.1. The molecule has 2 aliphatic rings. The molecule has 0 radical (unpaired) electrons. The summed E-state index contributed by atoms with van der Waals surface area (Å²) in [6, 6.07) is 13.1. The Morgan fingerprint density at radius 1 is 1.00 bits per heavy atom. The number of nitrogens with zero attached hydrogens (tertiary/aromatic N) is 3. The van der Waals surface area contributed by atoms with Gasteiger partial charge in [-0.3, -0.25) is 4.79 Å². The van der Waals surface area contributed by atoms with Crippen LogP contribution in [-0.2, 0) is 21.3 Å². The molecule has 7 nitrogen and oxygen atoms in total. The van der Waals surface area contributed by atoms with E-state index in [4.69, 9.17) is 4.74 Å². The molecule has 2 saturated heterocycles. The van der Waals surface area contributed by atoms with Crippen LogP contribution in [-0.4, -0.2) is 70.0 Å². The number of hydrogen-bond acceptors (Lipinski definition) is 5. The lowest BCUT2D eigenvalue weighted by atomic mass is 10.1. The molecule has 0 aromatic heterocycles. The van der Waals surface area contributed by atoms with Crippen molar-refractivity contribution in [2.45, 2.75) is 37.6 Å². The molecule has 0 unspecified atom stereocenters. The lowest BCUT2D eigenvalue weighted by Gasteiger charge is -2.31. The maximum absolute atomic E-state index is 13.4. The van der Waals surface area contributed by atoms with Crippen molar-refractivity contribution in [2.75, 3.05) is 51.3 Å². The van der Waals surface area contributed by atoms with Gasteiger partial charge >= 0.3 is 0 Å². The van der Waals surface area contributed by atoms with Gasteiger partial charge in [0.15, 0.2) is 0 Å². The van der Waals surface area contributed by atoms with Crippen LogP contribution in [0.1, 0.15) is 40.7 Å². The topological polar surface area (TPSA) is 70.2 Å². The van der Waals surface area contributed by atoms with Gasteiger partial charge in [-0.2, -0.15) is 4.31 Å². The molecule has 2 fully saturated rings. The maximum atomic E-state index is 13.4. The highest BCUT2D eigenvalue weighted by molar-refractivity contribution is 7.89. The summed E-state index contributed by atoms with van der Waals surface area (Å²) in [5.74, 6) is -0.181. The Bertz CT molecular complexity index is 1090. The molecule has 8 heteroatoms. The monoisotopic (exact) mass is 471 g/mol. The third kappa shape index (κ3) is 5.23. The van der Waals surface area contributed by atoms with Crippen molar-refractivity contribution < 1.29 is 17.9 Å². The first-order valence-electron chi connectivity index (χ1n) is 11.6. The normalized spacial score (nSPS) is 17.7. The standard InChI is InChI=1S/C25H33N3O4S/c1-20-10-11-22(33(30,31)28-14-16-32-17-15-28)18-23(20)25(29)26(2)19-21-8-4-5-9-24(21)27-12-6-3-7-13-27/h4-5,8-11,18H,3,6-7,12-17,19H2,1-2H3. The number of hydrogen-bond donors (Lipinski definition) is 0. The molecule has 33 heavy (non-hydrogen) atoms. The van der Waals surface area contributed by atoms with Gasteiger partial charge in [0, 0.05) is 51.0 Å². The summed E-state index contributed by atoms with van der Waals surface area (Å²) in [5, 5.41) is 0. The fourth-order valence-corrected chi connectivity index (χ4v) is 5.98. The summed E-state index contributed by atoms with van der Waals surface area (Å²) in [6.07, 6.45) is 3.64. The van der Waals surface area contributed by atoms with Crippen LogP contribution in [0.4, 0.5) is 5.69 Å². The number of morpholine rings is 1. The van der Waals surface area contributed by atoms with Crippen LogP contribution >= 0.6 is 0 Å². The zero-order valence-electron chi connectivity index (χ0n) is 19.5. The molecule has 2 aliphatic heterocycles. The van der Waals surface area contributed by atoms with Gasteiger partial charge in [0.05, 0.1) is 18.1 Å². The largest absolute Gasteiger partial charge is 0.379 e. The van der Waals surface area contributed by atoms with Gasteiger partial charge in [-0.25, -0.2) is 8.42 Å². The Morgan fingerprint density at radius 2 is 1.70 bits per heavy atom. The van der Waals surface area contributed by atoms with Crippen molar-refractivity contribution in [3.8, 4) is 0 Å². The predicted octanol–water partition coefficient (Wildman–Crippen LogP) is 3.28. The number of piperidine rings is 1. The van der Waals surface area contributed by atoms with Crippen LogP contribution in [0.15, 0.2) is 47.4 Å². The maximum Gasteiger partial charge on any atom is 0.254 e. The average Bonchev–Trinajstić information content (AvgIpc) is 2.85. The number of ether oxygens (including phenoxy) is 1. The van der Waals surface area contributed by atoms with Gasteiger partial charge < -0.3 is 14.5 Å². The fourth-order valence-electron chi connectivity index (χ4n) is 4.55. The molecular formula is C25H33N3O4S. The van der Waals surface area contributed by atoms with E-state index in [1.165, 1.54) is 35.3 Å². The van der Waals surface area contributed by atoms with Crippen molar-refractivity contribution in [1.82, 2.24) is 9.21 Å². The minimum atomic E-state index is -3.66. The number of rotatable bonds is 6. The van der Waals surface area contributed by atoms with E-state index in [0.717, 1.165) is 24.2 Å². The summed E-state index contributed by atoms with van der Waals surface area (Å²) in [4.78, 5) is 17.6. The molecule has 0 bridgehead atoms. The van der Waals surface area contributed by atoms with Crippen LogP contribution in [0.3, 0.4) is 0 Å². The number of carbonyl (C=O) groups excluding carboxylic acids is 1. The Morgan fingerprint density at radius 3 is 2.42 bits per heavy atom. The molecule has 4 rings (SSSR count). The molecule has 2 aromatic rings. The van der Waals surface area contributed by atoms with E-state index in [0.29, 0.717) is 38.4 Å². The molecule has 0 saturated carbocycles. The summed E-state index contributed by atoms with van der Waals surface area (Å²) in [7, 11) is -1.89. The lowest BCUT2D eigenvalue weighted by molar-refractivity contribution is 0.0730. The fraction of sp³-hybridized carbons (Fsp3) is 0.480. The molecule has 178 valence electrons. The highest BCUT2D eigenvalue weighted by atomic mass is 32.2. The number of aryl methyl sites for hydroxylation is 1. The Labute approximate surface area is 197 Å². The number of amides is 1. The molecule has 0 aliphatic carbocycles. The van der Waals surface area contributed by atoms with Gasteiger partial charge in [0.25, 0.3) is 5.91 Å². The summed E-state index contributed by atoms with van der Waals surface area (Å²) in [5.41, 5.74) is 3.46. The number of para-hydroxylation sites is 1. The van der Waals surface area contributed by atoms with E-state index < -0.39 is 10.0 Å². The SMILES string of the molecule is Cc1ccc(S(=O)(=O)N2CCOCC2)cc1C(=O)N(C)Cc1ccccc1N1CCCCC1. The van der Waals surface area contributed by atoms with Crippen LogP contribution in [0.25, 0.3) is 0 Å². The van der Waals surface area contributed by atoms with E-state index in [1.807, 2.05) is 19.1 Å². The van der Waals surface area contributed by atoms with Gasteiger partial charge in [0.1, 0.15) is 0 Å². The Hall–Kier alpha value is -2.42. The first kappa shape index (κ1) is 23.7. The van der Waals surface area contributed by atoms with E-state index in [9.17, 15) is 13.2 Å². The molecule has 1 amide bonds. The van der Waals surface area contributed by atoms with Gasteiger partial charge in [-0.15, -0.1) is 0 Å². The molecule has 2 heterocycles. The molecular weight excluding hydrogens is 438 g/mol. The van der Waals surface area contributed by atoms with Gasteiger partial charge in [0.2, 0.25) is 10.0 Å². The second-order valence-electron chi connectivity index (χ2n) is 8.83. The summed E-state index contributed by atoms with van der Waals surface area (Å²) in [6.45, 7) is 5.80. The molecule has 0 N–H and O–H groups in total. The van der Waals surface area contributed by atoms with Crippen molar-refractivity contribution in [1.29, 1.82) is 0 Å². The van der Waals surface area contributed by atoms with E-state index >= 15 is 0 Å². The average molecular weight is 472 g/mol. The van der Waals surface area contributed by atoms with Crippen LogP contribution in [0, 0.1) is 6.92 Å². The van der Waals surface area contributed by atoms with E-state index in [1.54, 1.807) is 24.1 Å². The molecule has 2 aromatic carbocycles. The van der Waals surface area contributed by atoms with Gasteiger partial charge in [-0.05, 0) is 55.5 Å². The third-order valence-corrected chi connectivity index (χ3v) is 8.38. The summed E-state index contributed by atoms with van der Waals surface area (Å²) < 4.78 is 32.9. The second kappa shape index (κ2) is 10.2. The van der Waals surface area contributed by atoms with Crippen molar-refractivity contribution in [2.24, 2.45) is 0 Å². The summed E-state index contributed by atoms with van der Waals surface area (Å²) >= 11 is 0. The van der Waals surface area contributed by atoms with Crippen LogP contribution < -0.4 is 4.90 Å². The van der Waals surface area contributed by atoms with Crippen molar-refractivity contribution in [3.05, 3.63) is 59.2 Å². The van der Waals surface area contributed by atoms with E-state index in [2.05, 4.69) is 17.0 Å². The number of carbonyl (C=O) groups is 1. The Balaban J connectivity index is 1.55. The highest BCUT2D eigenvalue weighted by Gasteiger charge is 2.28. The molecule has 0 spiro atoms. The Kier molecular flexibility index (Phi) is 7.36. The zero-order valence-corrected chi connectivity index (χ0v) is 20.3. The predicted molar refractivity (Wildman–Crippen MR) is 129 cm³/mol. The van der Waals surface area contributed by atoms with E-state index in [-0.39, 0.29) is 10.8 Å². The van der Waals surface area contributed by atoms with Crippen LogP contribution in [0.5, 0.6) is 0 Å². The quantitative estimate of drug-likeness (QED) is 0.647. The van der Waals surface area contributed by atoms with Crippen molar-refractivity contribution >= 4 is 21.6 Å². The number of benzene rings is 2. The zero-order chi connectivity index (χ0) is 23.4. The smallest absolute Gasteiger partial charge is 0.254 e. The highest BCUT2D eigenvalue weighted by Crippen LogP contribution is 2.26. The minimum absolute atomic E-state index is 0.153.